The number of nitrogens with zero attached hydrogens (tertiary/aromatic N) is 1. The van der Waals surface area contributed by atoms with Gasteiger partial charge in [0.1, 0.15) is 0 Å². The van der Waals surface area contributed by atoms with E-state index in [-0.39, 0.29) is 6.04 Å². The van der Waals surface area contributed by atoms with Crippen molar-refractivity contribution in [2.45, 2.75) is 26.4 Å². The van der Waals surface area contributed by atoms with Gasteiger partial charge < -0.3 is 0 Å². The minimum absolute atomic E-state index is 0.104. The van der Waals surface area contributed by atoms with Crippen molar-refractivity contribution in [3.05, 3.63) is 34.3 Å². The van der Waals surface area contributed by atoms with E-state index in [9.17, 15) is 8.42 Å². The van der Waals surface area contributed by atoms with Gasteiger partial charge in [0.05, 0.1) is 0 Å². The van der Waals surface area contributed by atoms with Gasteiger partial charge in [-0.1, -0.05) is 28.1 Å². The first-order valence-electron chi connectivity index (χ1n) is 5.29. The third-order valence-corrected chi connectivity index (χ3v) is 4.36. The van der Waals surface area contributed by atoms with Crippen molar-refractivity contribution in [2.24, 2.45) is 0 Å². The van der Waals surface area contributed by atoms with E-state index in [4.69, 9.17) is 0 Å². The lowest BCUT2D eigenvalue weighted by Crippen LogP contribution is -2.41. The maximum absolute atomic E-state index is 11.8. The van der Waals surface area contributed by atoms with Crippen molar-refractivity contribution in [3.8, 4) is 0 Å². The zero-order valence-electron chi connectivity index (χ0n) is 10.1. The third-order valence-electron chi connectivity index (χ3n) is 2.11. The summed E-state index contributed by atoms with van der Waals surface area (Å²) in [7, 11) is -1.83. The Hall–Kier alpha value is -0.430. The Kier molecular flexibility index (Phi) is 5.12. The molecule has 6 heteroatoms. The standard InChI is InChI=1S/C11H17BrN2O2S/c1-9(2)13-17(15,16)14(3)8-10-4-6-11(12)7-5-10/h4-7,9,13H,8H2,1-3H3. The van der Waals surface area contributed by atoms with E-state index in [0.29, 0.717) is 6.54 Å². The highest BCUT2D eigenvalue weighted by molar-refractivity contribution is 9.10. The van der Waals surface area contributed by atoms with Crippen molar-refractivity contribution in [2.75, 3.05) is 7.05 Å². The van der Waals surface area contributed by atoms with Crippen LogP contribution in [0.15, 0.2) is 28.7 Å². The molecule has 0 heterocycles. The predicted octanol–water partition coefficient (Wildman–Crippen LogP) is 2.12. The second-order valence-corrected chi connectivity index (χ2v) is 6.88. The van der Waals surface area contributed by atoms with E-state index in [1.54, 1.807) is 20.9 Å². The van der Waals surface area contributed by atoms with E-state index >= 15 is 0 Å². The smallest absolute Gasteiger partial charge is 0.200 e. The lowest BCUT2D eigenvalue weighted by Gasteiger charge is -2.19. The Morgan fingerprint density at radius 1 is 1.29 bits per heavy atom. The molecule has 4 nitrogen and oxygen atoms in total. The van der Waals surface area contributed by atoms with E-state index < -0.39 is 10.2 Å². The van der Waals surface area contributed by atoms with Crippen molar-refractivity contribution in [1.29, 1.82) is 0 Å². The van der Waals surface area contributed by atoms with Gasteiger partial charge in [-0.2, -0.15) is 17.4 Å². The molecule has 1 aromatic carbocycles. The van der Waals surface area contributed by atoms with E-state index in [1.807, 2.05) is 24.3 Å². The van der Waals surface area contributed by atoms with Crippen LogP contribution in [0.5, 0.6) is 0 Å². The number of nitrogens with one attached hydrogen (secondary N) is 1. The summed E-state index contributed by atoms with van der Waals surface area (Å²) in [5, 5.41) is 0. The normalized spacial score (nSPS) is 12.4. The maximum atomic E-state index is 11.8. The zero-order chi connectivity index (χ0) is 13.1. The SMILES string of the molecule is CC(C)NS(=O)(=O)N(C)Cc1ccc(Br)cc1. The lowest BCUT2D eigenvalue weighted by molar-refractivity contribution is 0.449. The molecule has 0 bridgehead atoms. The van der Waals surface area contributed by atoms with Crippen LogP contribution in [0.1, 0.15) is 19.4 Å². The quantitative estimate of drug-likeness (QED) is 0.903. The molecule has 0 saturated carbocycles. The van der Waals surface area contributed by atoms with Crippen LogP contribution in [0.3, 0.4) is 0 Å². The molecule has 0 radical (unpaired) electrons. The van der Waals surface area contributed by atoms with Crippen molar-refractivity contribution in [1.82, 2.24) is 9.03 Å². The minimum Gasteiger partial charge on any atom is -0.200 e. The van der Waals surface area contributed by atoms with Gasteiger partial charge in [0.15, 0.2) is 0 Å². The number of hydrogen-bond donors (Lipinski definition) is 1. The van der Waals surface area contributed by atoms with Gasteiger partial charge in [0, 0.05) is 24.1 Å². The maximum Gasteiger partial charge on any atom is 0.279 e. The molecular formula is C11H17BrN2O2S. The first kappa shape index (κ1) is 14.6. The predicted molar refractivity (Wildman–Crippen MR) is 72.8 cm³/mol. The Bertz CT molecular complexity index is 457. The van der Waals surface area contributed by atoms with Crippen molar-refractivity contribution in [3.63, 3.8) is 0 Å². The average Bonchev–Trinajstić information content (AvgIpc) is 2.19. The Labute approximate surface area is 111 Å². The van der Waals surface area contributed by atoms with Gasteiger partial charge in [-0.15, -0.1) is 0 Å². The monoisotopic (exact) mass is 320 g/mol. The number of halogens is 1. The van der Waals surface area contributed by atoms with E-state index in [1.165, 1.54) is 4.31 Å². The van der Waals surface area contributed by atoms with Gasteiger partial charge >= 0.3 is 0 Å². The van der Waals surface area contributed by atoms with E-state index in [0.717, 1.165) is 10.0 Å². The summed E-state index contributed by atoms with van der Waals surface area (Å²) in [6.45, 7) is 3.95. The van der Waals surface area contributed by atoms with Crippen molar-refractivity contribution >= 4 is 26.1 Å². The highest BCUT2D eigenvalue weighted by Gasteiger charge is 2.18. The minimum atomic E-state index is -3.40. The highest BCUT2D eigenvalue weighted by Crippen LogP contribution is 2.12. The molecular weight excluding hydrogens is 304 g/mol. The molecule has 0 fully saturated rings. The largest absolute Gasteiger partial charge is 0.279 e. The van der Waals surface area contributed by atoms with Crippen LogP contribution < -0.4 is 4.72 Å². The summed E-state index contributed by atoms with van der Waals surface area (Å²) in [4.78, 5) is 0. The topological polar surface area (TPSA) is 49.4 Å². The first-order valence-corrected chi connectivity index (χ1v) is 7.52. The fourth-order valence-corrected chi connectivity index (χ4v) is 2.68. The molecule has 17 heavy (non-hydrogen) atoms. The molecule has 0 aromatic heterocycles. The van der Waals surface area contributed by atoms with Crippen LogP contribution in [-0.4, -0.2) is 25.8 Å². The van der Waals surface area contributed by atoms with Gasteiger partial charge in [0.2, 0.25) is 0 Å². The molecule has 1 rings (SSSR count). The second-order valence-electron chi connectivity index (χ2n) is 4.16. The van der Waals surface area contributed by atoms with Crippen LogP contribution >= 0.6 is 15.9 Å². The molecule has 0 unspecified atom stereocenters. The second kappa shape index (κ2) is 5.95. The Balaban J connectivity index is 2.72. The average molecular weight is 321 g/mol. The highest BCUT2D eigenvalue weighted by atomic mass is 79.9. The summed E-state index contributed by atoms with van der Waals surface area (Å²) in [6.07, 6.45) is 0. The van der Waals surface area contributed by atoms with Gasteiger partial charge in [-0.05, 0) is 31.5 Å². The van der Waals surface area contributed by atoms with Crippen LogP contribution in [-0.2, 0) is 16.8 Å². The summed E-state index contributed by atoms with van der Waals surface area (Å²) in [6, 6.07) is 7.47. The zero-order valence-corrected chi connectivity index (χ0v) is 12.5. The summed E-state index contributed by atoms with van der Waals surface area (Å²) in [5.41, 5.74) is 0.949. The molecule has 0 saturated heterocycles. The Morgan fingerprint density at radius 2 is 1.82 bits per heavy atom. The third kappa shape index (κ3) is 4.75. The molecule has 0 aliphatic rings. The number of hydrogen-bond acceptors (Lipinski definition) is 2. The van der Waals surface area contributed by atoms with Crippen LogP contribution in [0.25, 0.3) is 0 Å². The van der Waals surface area contributed by atoms with Gasteiger partial charge in [-0.3, -0.25) is 0 Å². The molecule has 1 aromatic rings. The number of benzene rings is 1. The van der Waals surface area contributed by atoms with Crippen LogP contribution in [0, 0.1) is 0 Å². The molecule has 96 valence electrons. The van der Waals surface area contributed by atoms with Crippen molar-refractivity contribution < 1.29 is 8.42 Å². The summed E-state index contributed by atoms with van der Waals surface area (Å²) >= 11 is 3.34. The fourth-order valence-electron chi connectivity index (χ4n) is 1.32. The Morgan fingerprint density at radius 3 is 2.29 bits per heavy atom. The fraction of sp³-hybridized carbons (Fsp3) is 0.455. The summed E-state index contributed by atoms with van der Waals surface area (Å²) in [5.74, 6) is 0. The van der Waals surface area contributed by atoms with E-state index in [2.05, 4.69) is 20.7 Å². The molecule has 0 amide bonds. The number of rotatable bonds is 5. The molecule has 1 N–H and O–H groups in total. The first-order chi connectivity index (χ1) is 7.81. The van der Waals surface area contributed by atoms with Gasteiger partial charge in [-0.25, -0.2) is 0 Å². The summed E-state index contributed by atoms with van der Waals surface area (Å²) < 4.78 is 28.5. The van der Waals surface area contributed by atoms with Crippen LogP contribution in [0.4, 0.5) is 0 Å². The molecule has 0 aliphatic carbocycles. The van der Waals surface area contributed by atoms with Crippen LogP contribution in [0.2, 0.25) is 0 Å². The molecule has 0 aliphatic heterocycles. The van der Waals surface area contributed by atoms with Gasteiger partial charge in [0.25, 0.3) is 10.2 Å². The molecule has 0 atom stereocenters. The molecule has 0 spiro atoms. The lowest BCUT2D eigenvalue weighted by atomic mass is 10.2.